The predicted molar refractivity (Wildman–Crippen MR) is 76.3 cm³/mol. The van der Waals surface area contributed by atoms with Crippen LogP contribution in [0.4, 0.5) is 5.69 Å². The Hall–Kier alpha value is -2.41. The third-order valence-electron chi connectivity index (χ3n) is 2.92. The van der Waals surface area contributed by atoms with Gasteiger partial charge in [0.25, 0.3) is 5.69 Å². The molecule has 7 nitrogen and oxygen atoms in total. The summed E-state index contributed by atoms with van der Waals surface area (Å²) in [6.07, 6.45) is 0. The van der Waals surface area contributed by atoms with Crippen molar-refractivity contribution in [1.29, 1.82) is 0 Å². The Kier molecular flexibility index (Phi) is 3.95. The normalized spacial score (nSPS) is 10.9. The van der Waals surface area contributed by atoms with Crippen LogP contribution in [0.5, 0.6) is 0 Å². The molecule has 0 spiro atoms. The molecule has 2 aromatic rings. The zero-order valence-electron chi connectivity index (χ0n) is 11.3. The van der Waals surface area contributed by atoms with Gasteiger partial charge in [-0.25, -0.2) is 9.48 Å². The number of halogens is 1. The second-order valence-electron chi connectivity index (χ2n) is 4.67. The molecule has 1 aromatic carbocycles. The number of carboxylic acids is 1. The molecule has 1 heterocycles. The highest BCUT2D eigenvalue weighted by Gasteiger charge is 2.26. The minimum Gasteiger partial charge on any atom is -0.476 e. The molecular weight excluding hydrogens is 298 g/mol. The van der Waals surface area contributed by atoms with Crippen molar-refractivity contribution in [1.82, 2.24) is 9.78 Å². The average Bonchev–Trinajstić information content (AvgIpc) is 2.76. The first-order valence-electron chi connectivity index (χ1n) is 6.10. The van der Waals surface area contributed by atoms with Gasteiger partial charge in [-0.1, -0.05) is 37.6 Å². The predicted octanol–water partition coefficient (Wildman–Crippen LogP) is 3.26. The molecule has 0 fully saturated rings. The molecule has 0 aliphatic heterocycles. The van der Waals surface area contributed by atoms with Gasteiger partial charge in [0.05, 0.1) is 15.6 Å². The van der Waals surface area contributed by atoms with Gasteiger partial charge in [-0.05, 0) is 12.0 Å². The standard InChI is InChI=1S/C13H12ClN3O4/c1-7(2)12-10(14)11(13(18)19)15-16(12)8-5-3-4-6-9(8)17(20)21/h3-7H,1-2H3,(H,18,19). The lowest BCUT2D eigenvalue weighted by Gasteiger charge is -2.10. The van der Waals surface area contributed by atoms with Crippen LogP contribution in [-0.2, 0) is 0 Å². The van der Waals surface area contributed by atoms with Gasteiger partial charge in [0.1, 0.15) is 5.69 Å². The molecule has 0 unspecified atom stereocenters. The molecule has 21 heavy (non-hydrogen) atoms. The van der Waals surface area contributed by atoms with E-state index in [-0.39, 0.29) is 28.0 Å². The Morgan fingerprint density at radius 1 is 1.43 bits per heavy atom. The van der Waals surface area contributed by atoms with E-state index in [4.69, 9.17) is 16.7 Å². The maximum Gasteiger partial charge on any atom is 0.358 e. The van der Waals surface area contributed by atoms with E-state index in [0.29, 0.717) is 5.69 Å². The number of nitrogens with zero attached hydrogens (tertiary/aromatic N) is 3. The molecule has 0 atom stereocenters. The molecule has 1 N–H and O–H groups in total. The number of para-hydroxylation sites is 2. The van der Waals surface area contributed by atoms with Crippen molar-refractivity contribution in [3.63, 3.8) is 0 Å². The molecule has 0 aliphatic carbocycles. The Morgan fingerprint density at radius 3 is 2.57 bits per heavy atom. The van der Waals surface area contributed by atoms with Crippen LogP contribution in [0, 0.1) is 10.1 Å². The number of carboxylic acid groups (broad SMARTS) is 1. The SMILES string of the molecule is CC(C)c1c(Cl)c(C(=O)O)nn1-c1ccccc1[N+](=O)[O-]. The van der Waals surface area contributed by atoms with Crippen molar-refractivity contribution in [3.05, 3.63) is 50.8 Å². The van der Waals surface area contributed by atoms with E-state index in [1.165, 1.54) is 22.9 Å². The highest BCUT2D eigenvalue weighted by atomic mass is 35.5. The topological polar surface area (TPSA) is 98.3 Å². The summed E-state index contributed by atoms with van der Waals surface area (Å²) >= 11 is 6.07. The Bertz CT molecular complexity index is 724. The third-order valence-corrected chi connectivity index (χ3v) is 3.29. The van der Waals surface area contributed by atoms with Crippen molar-refractivity contribution in [2.75, 3.05) is 0 Å². The van der Waals surface area contributed by atoms with Crippen LogP contribution in [0.2, 0.25) is 5.02 Å². The van der Waals surface area contributed by atoms with E-state index in [1.807, 2.05) is 0 Å². The number of aromatic carboxylic acids is 1. The number of nitro groups is 1. The zero-order valence-corrected chi connectivity index (χ0v) is 12.0. The van der Waals surface area contributed by atoms with Crippen LogP contribution < -0.4 is 0 Å². The van der Waals surface area contributed by atoms with Crippen LogP contribution >= 0.6 is 11.6 Å². The fourth-order valence-corrected chi connectivity index (χ4v) is 2.44. The Morgan fingerprint density at radius 2 is 2.05 bits per heavy atom. The second-order valence-corrected chi connectivity index (χ2v) is 5.04. The zero-order chi connectivity index (χ0) is 15.7. The van der Waals surface area contributed by atoms with Gasteiger partial charge in [0, 0.05) is 6.07 Å². The van der Waals surface area contributed by atoms with E-state index >= 15 is 0 Å². The van der Waals surface area contributed by atoms with Crippen LogP contribution in [0.25, 0.3) is 5.69 Å². The summed E-state index contributed by atoms with van der Waals surface area (Å²) in [5.74, 6) is -1.43. The largest absolute Gasteiger partial charge is 0.476 e. The Labute approximate surface area is 124 Å². The van der Waals surface area contributed by atoms with Gasteiger partial charge in [-0.15, -0.1) is 0 Å². The molecule has 0 amide bonds. The van der Waals surface area contributed by atoms with Gasteiger partial charge < -0.3 is 5.11 Å². The van der Waals surface area contributed by atoms with E-state index in [9.17, 15) is 14.9 Å². The number of carbonyl (C=O) groups is 1. The molecule has 0 radical (unpaired) electrons. The third kappa shape index (κ3) is 2.59. The van der Waals surface area contributed by atoms with Crippen LogP contribution in [0.1, 0.15) is 35.9 Å². The summed E-state index contributed by atoms with van der Waals surface area (Å²) in [6.45, 7) is 3.61. The van der Waals surface area contributed by atoms with Crippen molar-refractivity contribution in [3.8, 4) is 5.69 Å². The van der Waals surface area contributed by atoms with Crippen molar-refractivity contribution in [2.45, 2.75) is 19.8 Å². The molecule has 1 aromatic heterocycles. The molecule has 8 heteroatoms. The van der Waals surface area contributed by atoms with E-state index in [1.54, 1.807) is 19.9 Å². The van der Waals surface area contributed by atoms with E-state index in [0.717, 1.165) is 0 Å². The maximum absolute atomic E-state index is 11.2. The fraction of sp³-hybridized carbons (Fsp3) is 0.231. The number of hydrogen-bond donors (Lipinski definition) is 1. The minimum absolute atomic E-state index is 0.00403. The summed E-state index contributed by atoms with van der Waals surface area (Å²) < 4.78 is 1.23. The smallest absolute Gasteiger partial charge is 0.358 e. The van der Waals surface area contributed by atoms with Gasteiger partial charge in [-0.2, -0.15) is 5.10 Å². The van der Waals surface area contributed by atoms with E-state index < -0.39 is 10.9 Å². The average molecular weight is 310 g/mol. The molecule has 2 rings (SSSR count). The lowest BCUT2D eigenvalue weighted by atomic mass is 10.1. The van der Waals surface area contributed by atoms with Gasteiger partial charge >= 0.3 is 5.97 Å². The summed E-state index contributed by atoms with van der Waals surface area (Å²) in [5.41, 5.74) is 0.109. The van der Waals surface area contributed by atoms with Crippen molar-refractivity contribution < 1.29 is 14.8 Å². The minimum atomic E-state index is -1.28. The molecule has 0 aliphatic rings. The van der Waals surface area contributed by atoms with Crippen molar-refractivity contribution >= 4 is 23.3 Å². The van der Waals surface area contributed by atoms with Gasteiger partial charge in [0.15, 0.2) is 5.69 Å². The first-order chi connectivity index (χ1) is 9.84. The molecule has 0 saturated carbocycles. The van der Waals surface area contributed by atoms with Crippen molar-refractivity contribution in [2.24, 2.45) is 0 Å². The van der Waals surface area contributed by atoms with Gasteiger partial charge in [0.2, 0.25) is 0 Å². The van der Waals surface area contributed by atoms with E-state index in [2.05, 4.69) is 5.10 Å². The first kappa shape index (κ1) is 15.0. The number of benzene rings is 1. The molecule has 110 valence electrons. The summed E-state index contributed by atoms with van der Waals surface area (Å²) in [7, 11) is 0. The number of rotatable bonds is 4. The highest BCUT2D eigenvalue weighted by molar-refractivity contribution is 6.34. The number of hydrogen-bond acceptors (Lipinski definition) is 4. The molecule has 0 bridgehead atoms. The maximum atomic E-state index is 11.2. The Balaban J connectivity index is 2.78. The fourth-order valence-electron chi connectivity index (χ4n) is 2.03. The lowest BCUT2D eigenvalue weighted by molar-refractivity contribution is -0.384. The van der Waals surface area contributed by atoms with Crippen LogP contribution in [-0.4, -0.2) is 25.8 Å². The first-order valence-corrected chi connectivity index (χ1v) is 6.47. The second kappa shape index (κ2) is 5.53. The number of aromatic nitrogens is 2. The number of nitro benzene ring substituents is 1. The summed E-state index contributed by atoms with van der Waals surface area (Å²) in [4.78, 5) is 21.7. The quantitative estimate of drug-likeness (QED) is 0.690. The summed E-state index contributed by atoms with van der Waals surface area (Å²) in [5, 5.41) is 24.2. The highest BCUT2D eigenvalue weighted by Crippen LogP contribution is 2.32. The lowest BCUT2D eigenvalue weighted by Crippen LogP contribution is -2.07. The monoisotopic (exact) mass is 309 g/mol. The molecule has 0 saturated heterocycles. The van der Waals surface area contributed by atoms with Crippen LogP contribution in [0.15, 0.2) is 24.3 Å². The molecular formula is C13H12ClN3O4. The summed E-state index contributed by atoms with van der Waals surface area (Å²) in [6, 6.07) is 5.97. The van der Waals surface area contributed by atoms with Gasteiger partial charge in [-0.3, -0.25) is 10.1 Å². The van der Waals surface area contributed by atoms with Crippen LogP contribution in [0.3, 0.4) is 0 Å².